The molecule has 2 amide bonds. The first kappa shape index (κ1) is 22.2. The Labute approximate surface area is 192 Å². The Balaban J connectivity index is 1.43. The molecule has 1 aliphatic rings. The topological polar surface area (TPSA) is 90.3 Å². The van der Waals surface area contributed by atoms with E-state index < -0.39 is 0 Å². The molecule has 0 atom stereocenters. The Bertz CT molecular complexity index is 1090. The zero-order chi connectivity index (χ0) is 22.5. The SMILES string of the molecule is COc1cc(OC)c(NC(=O)NCCc2nc3cccnc3n2C2CCCCC2)cc1Cl. The van der Waals surface area contributed by atoms with Crippen LogP contribution in [0.3, 0.4) is 0 Å². The number of hydrogen-bond acceptors (Lipinski definition) is 5. The van der Waals surface area contributed by atoms with E-state index in [0.717, 1.165) is 29.8 Å². The summed E-state index contributed by atoms with van der Waals surface area (Å²) in [6.07, 6.45) is 8.44. The zero-order valence-electron chi connectivity index (χ0n) is 18.4. The third-order valence-electron chi connectivity index (χ3n) is 5.82. The van der Waals surface area contributed by atoms with E-state index in [9.17, 15) is 4.79 Å². The van der Waals surface area contributed by atoms with E-state index in [2.05, 4.69) is 20.2 Å². The highest BCUT2D eigenvalue weighted by Crippen LogP contribution is 2.36. The smallest absolute Gasteiger partial charge is 0.319 e. The molecule has 0 aliphatic heterocycles. The van der Waals surface area contributed by atoms with Gasteiger partial charge in [0.05, 0.1) is 24.9 Å². The van der Waals surface area contributed by atoms with Crippen molar-refractivity contribution in [2.75, 3.05) is 26.1 Å². The monoisotopic (exact) mass is 457 g/mol. The van der Waals surface area contributed by atoms with Gasteiger partial charge in [-0.15, -0.1) is 0 Å². The number of anilines is 1. The molecule has 32 heavy (non-hydrogen) atoms. The van der Waals surface area contributed by atoms with Crippen molar-refractivity contribution in [2.45, 2.75) is 44.6 Å². The van der Waals surface area contributed by atoms with Crippen molar-refractivity contribution in [1.82, 2.24) is 19.9 Å². The van der Waals surface area contributed by atoms with E-state index in [1.54, 1.807) is 12.1 Å². The molecule has 0 bridgehead atoms. The second-order valence-corrected chi connectivity index (χ2v) is 8.26. The van der Waals surface area contributed by atoms with E-state index in [0.29, 0.717) is 41.2 Å². The summed E-state index contributed by atoms with van der Waals surface area (Å²) in [7, 11) is 3.05. The summed E-state index contributed by atoms with van der Waals surface area (Å²) < 4.78 is 12.8. The van der Waals surface area contributed by atoms with Crippen molar-refractivity contribution in [1.29, 1.82) is 0 Å². The second-order valence-electron chi connectivity index (χ2n) is 7.85. The number of aromatic nitrogens is 3. The summed E-state index contributed by atoms with van der Waals surface area (Å²) in [5.41, 5.74) is 2.29. The van der Waals surface area contributed by atoms with Gasteiger partial charge in [-0.05, 0) is 31.0 Å². The summed E-state index contributed by atoms with van der Waals surface area (Å²) >= 11 is 6.19. The number of carbonyl (C=O) groups excluding carboxylic acids is 1. The predicted molar refractivity (Wildman–Crippen MR) is 125 cm³/mol. The van der Waals surface area contributed by atoms with Gasteiger partial charge >= 0.3 is 6.03 Å². The molecule has 4 rings (SSSR count). The van der Waals surface area contributed by atoms with Crippen molar-refractivity contribution in [2.24, 2.45) is 0 Å². The minimum absolute atomic E-state index is 0.344. The molecule has 170 valence electrons. The number of methoxy groups -OCH3 is 2. The van der Waals surface area contributed by atoms with Crippen molar-refractivity contribution < 1.29 is 14.3 Å². The average molecular weight is 458 g/mol. The molecule has 1 aliphatic carbocycles. The highest BCUT2D eigenvalue weighted by molar-refractivity contribution is 6.32. The van der Waals surface area contributed by atoms with Crippen LogP contribution in [0.4, 0.5) is 10.5 Å². The zero-order valence-corrected chi connectivity index (χ0v) is 19.1. The van der Waals surface area contributed by atoms with Crippen LogP contribution in [0.15, 0.2) is 30.5 Å². The number of imidazole rings is 1. The quantitative estimate of drug-likeness (QED) is 0.522. The molecule has 2 heterocycles. The lowest BCUT2D eigenvalue weighted by Gasteiger charge is -2.25. The van der Waals surface area contributed by atoms with Crippen LogP contribution in [0.25, 0.3) is 11.2 Å². The Morgan fingerprint density at radius 3 is 2.72 bits per heavy atom. The largest absolute Gasteiger partial charge is 0.495 e. The van der Waals surface area contributed by atoms with E-state index in [4.69, 9.17) is 26.1 Å². The first-order chi connectivity index (χ1) is 15.6. The molecule has 0 unspecified atom stereocenters. The van der Waals surface area contributed by atoms with Crippen LogP contribution >= 0.6 is 11.6 Å². The van der Waals surface area contributed by atoms with Crippen LogP contribution < -0.4 is 20.1 Å². The lowest BCUT2D eigenvalue weighted by Crippen LogP contribution is -2.31. The van der Waals surface area contributed by atoms with Gasteiger partial charge in [0.1, 0.15) is 22.8 Å². The molecular weight excluding hydrogens is 430 g/mol. The number of carbonyl (C=O) groups is 1. The van der Waals surface area contributed by atoms with Crippen LogP contribution in [0.2, 0.25) is 5.02 Å². The van der Waals surface area contributed by atoms with E-state index in [-0.39, 0.29) is 6.03 Å². The minimum atomic E-state index is -0.344. The van der Waals surface area contributed by atoms with Crippen LogP contribution in [0.5, 0.6) is 11.5 Å². The first-order valence-electron chi connectivity index (χ1n) is 10.9. The number of nitrogens with one attached hydrogen (secondary N) is 2. The van der Waals surface area contributed by atoms with Gasteiger partial charge in [0.2, 0.25) is 0 Å². The lowest BCUT2D eigenvalue weighted by molar-refractivity contribution is 0.252. The first-order valence-corrected chi connectivity index (χ1v) is 11.3. The number of rotatable bonds is 7. The Morgan fingerprint density at radius 1 is 1.19 bits per heavy atom. The number of pyridine rings is 1. The fraction of sp³-hybridized carbons (Fsp3) is 0.435. The maximum Gasteiger partial charge on any atom is 0.319 e. The van der Waals surface area contributed by atoms with Crippen LogP contribution in [-0.4, -0.2) is 41.3 Å². The molecule has 2 N–H and O–H groups in total. The molecule has 0 radical (unpaired) electrons. The van der Waals surface area contributed by atoms with Gasteiger partial charge < -0.3 is 24.7 Å². The molecule has 1 aromatic carbocycles. The number of halogens is 1. The summed E-state index contributed by atoms with van der Waals surface area (Å²) in [6.45, 7) is 0.439. The molecule has 8 nitrogen and oxygen atoms in total. The molecule has 0 saturated heterocycles. The van der Waals surface area contributed by atoms with Crippen LogP contribution in [-0.2, 0) is 6.42 Å². The Morgan fingerprint density at radius 2 is 1.97 bits per heavy atom. The van der Waals surface area contributed by atoms with E-state index in [1.165, 1.54) is 33.5 Å². The molecular formula is C23H28ClN5O3. The molecule has 3 aromatic rings. The maximum absolute atomic E-state index is 12.5. The van der Waals surface area contributed by atoms with Gasteiger partial charge in [0.15, 0.2) is 5.65 Å². The van der Waals surface area contributed by atoms with Crippen LogP contribution in [0.1, 0.15) is 44.0 Å². The molecule has 1 fully saturated rings. The van der Waals surface area contributed by atoms with Gasteiger partial charge in [-0.2, -0.15) is 0 Å². The number of ether oxygens (including phenoxy) is 2. The van der Waals surface area contributed by atoms with Gasteiger partial charge in [0.25, 0.3) is 0 Å². The minimum Gasteiger partial charge on any atom is -0.495 e. The number of nitrogens with zero attached hydrogens (tertiary/aromatic N) is 3. The number of amides is 2. The van der Waals surface area contributed by atoms with Gasteiger partial charge in [-0.25, -0.2) is 14.8 Å². The summed E-state index contributed by atoms with van der Waals surface area (Å²) in [5.74, 6) is 1.90. The van der Waals surface area contributed by atoms with Gasteiger partial charge in [-0.3, -0.25) is 0 Å². The lowest BCUT2D eigenvalue weighted by atomic mass is 9.95. The standard InChI is InChI=1S/C23H28ClN5O3/c1-31-19-14-20(32-2)18(13-16(19)24)28-23(30)26-12-10-21-27-17-9-6-11-25-22(17)29(21)15-7-4-3-5-8-15/h6,9,11,13-15H,3-5,7-8,10,12H2,1-2H3,(H2,26,28,30). The highest BCUT2D eigenvalue weighted by Gasteiger charge is 2.22. The van der Waals surface area contributed by atoms with Gasteiger partial charge in [-0.1, -0.05) is 30.9 Å². The third kappa shape index (κ3) is 4.75. The average Bonchev–Trinajstić information content (AvgIpc) is 3.18. The predicted octanol–water partition coefficient (Wildman–Crippen LogP) is 4.97. The van der Waals surface area contributed by atoms with E-state index in [1.807, 2.05) is 18.3 Å². The Hall–Kier alpha value is -3.00. The third-order valence-corrected chi connectivity index (χ3v) is 6.11. The molecule has 9 heteroatoms. The number of fused-ring (bicyclic) bond motifs is 1. The van der Waals surface area contributed by atoms with E-state index >= 15 is 0 Å². The van der Waals surface area contributed by atoms with Crippen LogP contribution in [0, 0.1) is 0 Å². The Kier molecular flexibility index (Phi) is 6.99. The molecule has 0 spiro atoms. The number of urea groups is 1. The number of hydrogen-bond donors (Lipinski definition) is 2. The fourth-order valence-electron chi connectivity index (χ4n) is 4.29. The fourth-order valence-corrected chi connectivity index (χ4v) is 4.53. The summed E-state index contributed by atoms with van der Waals surface area (Å²) in [4.78, 5) is 21.9. The van der Waals surface area contributed by atoms with Crippen molar-refractivity contribution in [3.05, 3.63) is 41.3 Å². The summed E-state index contributed by atoms with van der Waals surface area (Å²) in [6, 6.07) is 7.21. The second kappa shape index (κ2) is 10.1. The molecule has 2 aromatic heterocycles. The van der Waals surface area contributed by atoms with Crippen molar-refractivity contribution in [3.8, 4) is 11.5 Å². The van der Waals surface area contributed by atoms with Crippen molar-refractivity contribution in [3.63, 3.8) is 0 Å². The normalized spacial score (nSPS) is 14.3. The maximum atomic E-state index is 12.5. The summed E-state index contributed by atoms with van der Waals surface area (Å²) in [5, 5.41) is 6.08. The number of benzene rings is 1. The molecule has 1 saturated carbocycles. The van der Waals surface area contributed by atoms with Crippen molar-refractivity contribution >= 4 is 34.5 Å². The highest BCUT2D eigenvalue weighted by atomic mass is 35.5. The van der Waals surface area contributed by atoms with Gasteiger partial charge in [0, 0.05) is 31.3 Å².